The SMILES string of the molecule is O=C(NN=Cc1cccc([N+](=O)[O-])c1)c1cc(-c2ccc3c4c(cccc24)CC3)n[nH]1. The van der Waals surface area contributed by atoms with Gasteiger partial charge in [-0.15, -0.1) is 0 Å². The van der Waals surface area contributed by atoms with E-state index in [0.29, 0.717) is 11.3 Å². The van der Waals surface area contributed by atoms with Crippen LogP contribution in [-0.2, 0) is 12.8 Å². The molecule has 1 amide bonds. The lowest BCUT2D eigenvalue weighted by Gasteiger charge is -2.06. The van der Waals surface area contributed by atoms with Gasteiger partial charge in [0.15, 0.2) is 0 Å². The second-order valence-electron chi connectivity index (χ2n) is 7.33. The van der Waals surface area contributed by atoms with Crippen molar-refractivity contribution in [2.24, 2.45) is 5.10 Å². The maximum atomic E-state index is 12.4. The van der Waals surface area contributed by atoms with E-state index in [4.69, 9.17) is 0 Å². The molecule has 1 aliphatic carbocycles. The number of nitrogens with one attached hydrogen (secondary N) is 2. The Hall–Kier alpha value is -4.33. The lowest BCUT2D eigenvalue weighted by molar-refractivity contribution is -0.384. The van der Waals surface area contributed by atoms with Crippen molar-refractivity contribution < 1.29 is 9.72 Å². The molecule has 0 radical (unpaired) electrons. The summed E-state index contributed by atoms with van der Waals surface area (Å²) < 4.78 is 0. The summed E-state index contributed by atoms with van der Waals surface area (Å²) in [6.07, 6.45) is 3.45. The van der Waals surface area contributed by atoms with Crippen LogP contribution < -0.4 is 5.43 Å². The number of nitrogens with zero attached hydrogens (tertiary/aromatic N) is 3. The minimum atomic E-state index is -0.484. The molecular weight excluding hydrogens is 394 g/mol. The molecule has 3 aromatic carbocycles. The van der Waals surface area contributed by atoms with Crippen molar-refractivity contribution in [1.29, 1.82) is 0 Å². The van der Waals surface area contributed by atoms with Crippen molar-refractivity contribution in [2.75, 3.05) is 0 Å². The molecule has 0 fully saturated rings. The van der Waals surface area contributed by atoms with Gasteiger partial charge in [-0.1, -0.05) is 42.5 Å². The second kappa shape index (κ2) is 7.49. The van der Waals surface area contributed by atoms with E-state index >= 15 is 0 Å². The van der Waals surface area contributed by atoms with Gasteiger partial charge in [0.1, 0.15) is 5.69 Å². The van der Waals surface area contributed by atoms with Gasteiger partial charge in [-0.25, -0.2) is 5.43 Å². The Labute approximate surface area is 176 Å². The quantitative estimate of drug-likeness (QED) is 0.293. The number of aromatic nitrogens is 2. The molecule has 0 spiro atoms. The largest absolute Gasteiger partial charge is 0.289 e. The van der Waals surface area contributed by atoms with Crippen LogP contribution in [0, 0.1) is 10.1 Å². The van der Waals surface area contributed by atoms with E-state index in [1.807, 2.05) is 6.07 Å². The number of hydrogen-bond donors (Lipinski definition) is 2. The van der Waals surface area contributed by atoms with Gasteiger partial charge in [0.05, 0.1) is 16.8 Å². The summed E-state index contributed by atoms with van der Waals surface area (Å²) in [6, 6.07) is 18.1. The third-order valence-corrected chi connectivity index (χ3v) is 5.44. The van der Waals surface area contributed by atoms with Crippen molar-refractivity contribution in [1.82, 2.24) is 15.6 Å². The van der Waals surface area contributed by atoms with Gasteiger partial charge in [0.25, 0.3) is 11.6 Å². The molecule has 8 nitrogen and oxygen atoms in total. The first-order chi connectivity index (χ1) is 15.1. The van der Waals surface area contributed by atoms with Gasteiger partial charge < -0.3 is 0 Å². The van der Waals surface area contributed by atoms with Crippen LogP contribution in [-0.4, -0.2) is 27.2 Å². The normalized spacial score (nSPS) is 12.5. The third-order valence-electron chi connectivity index (χ3n) is 5.44. The minimum absolute atomic E-state index is 0.0427. The number of carbonyl (C=O) groups excluding carboxylic acids is 1. The van der Waals surface area contributed by atoms with E-state index in [2.05, 4.69) is 45.0 Å². The maximum absolute atomic E-state index is 12.4. The highest BCUT2D eigenvalue weighted by atomic mass is 16.6. The Morgan fingerprint density at radius 2 is 1.90 bits per heavy atom. The molecule has 0 aliphatic heterocycles. The van der Waals surface area contributed by atoms with Gasteiger partial charge in [-0.3, -0.25) is 20.0 Å². The van der Waals surface area contributed by atoms with E-state index in [1.54, 1.807) is 18.2 Å². The molecule has 31 heavy (non-hydrogen) atoms. The van der Waals surface area contributed by atoms with Gasteiger partial charge in [0, 0.05) is 23.3 Å². The first-order valence-corrected chi connectivity index (χ1v) is 9.77. The molecule has 1 aromatic heterocycles. The van der Waals surface area contributed by atoms with Crippen LogP contribution in [0.4, 0.5) is 5.69 Å². The number of benzene rings is 3. The molecule has 0 atom stereocenters. The summed E-state index contributed by atoms with van der Waals surface area (Å²) in [7, 11) is 0. The number of amides is 1. The third kappa shape index (κ3) is 3.44. The van der Waals surface area contributed by atoms with Gasteiger partial charge in [-0.2, -0.15) is 10.2 Å². The Balaban J connectivity index is 1.36. The molecule has 2 N–H and O–H groups in total. The lowest BCUT2D eigenvalue weighted by atomic mass is 9.98. The van der Waals surface area contributed by atoms with Crippen molar-refractivity contribution in [2.45, 2.75) is 12.8 Å². The molecule has 4 aromatic rings. The molecule has 1 aliphatic rings. The zero-order valence-corrected chi connectivity index (χ0v) is 16.3. The number of hydrazone groups is 1. The number of nitro benzene ring substituents is 1. The average Bonchev–Trinajstić information content (AvgIpc) is 3.43. The molecule has 0 saturated heterocycles. The Morgan fingerprint density at radius 1 is 1.10 bits per heavy atom. The number of aryl methyl sites for hydroxylation is 2. The van der Waals surface area contributed by atoms with Crippen LogP contribution in [0.1, 0.15) is 27.2 Å². The standard InChI is InChI=1S/C23H17N5O3/c29-23(27-24-13-14-3-1-5-17(11-14)28(30)31)21-12-20(25-26-21)18-10-9-16-8-7-15-4-2-6-19(18)22(15)16/h1-6,9-13H,7-8H2,(H,25,26)(H,27,29). The molecule has 5 rings (SSSR count). The number of aromatic amines is 1. The zero-order valence-electron chi connectivity index (χ0n) is 16.3. The number of H-pyrrole nitrogens is 1. The Morgan fingerprint density at radius 3 is 2.74 bits per heavy atom. The van der Waals surface area contributed by atoms with Gasteiger partial charge in [-0.05, 0) is 40.8 Å². The van der Waals surface area contributed by atoms with E-state index < -0.39 is 10.8 Å². The smallest absolute Gasteiger partial charge is 0.272 e. The fraction of sp³-hybridized carbons (Fsp3) is 0.0870. The average molecular weight is 411 g/mol. The number of hydrogen-bond acceptors (Lipinski definition) is 5. The van der Waals surface area contributed by atoms with E-state index in [-0.39, 0.29) is 11.4 Å². The van der Waals surface area contributed by atoms with E-state index in [9.17, 15) is 14.9 Å². The van der Waals surface area contributed by atoms with Crippen LogP contribution >= 0.6 is 0 Å². The number of carbonyl (C=O) groups is 1. The highest BCUT2D eigenvalue weighted by molar-refractivity contribution is 6.02. The first kappa shape index (κ1) is 18.7. The van der Waals surface area contributed by atoms with Gasteiger partial charge in [0.2, 0.25) is 0 Å². The van der Waals surface area contributed by atoms with Crippen LogP contribution in [0.3, 0.4) is 0 Å². The summed E-state index contributed by atoms with van der Waals surface area (Å²) in [6.45, 7) is 0. The monoisotopic (exact) mass is 411 g/mol. The van der Waals surface area contributed by atoms with Crippen LogP contribution in [0.2, 0.25) is 0 Å². The van der Waals surface area contributed by atoms with Crippen LogP contribution in [0.25, 0.3) is 22.0 Å². The minimum Gasteiger partial charge on any atom is -0.272 e. The molecule has 0 bridgehead atoms. The maximum Gasteiger partial charge on any atom is 0.289 e. The molecule has 152 valence electrons. The van der Waals surface area contributed by atoms with E-state index in [1.165, 1.54) is 34.9 Å². The number of nitro groups is 1. The van der Waals surface area contributed by atoms with Crippen molar-refractivity contribution >= 4 is 28.6 Å². The predicted octanol–water partition coefficient (Wildman–Crippen LogP) is 4.00. The Bertz CT molecular complexity index is 1360. The topological polar surface area (TPSA) is 113 Å². The summed E-state index contributed by atoms with van der Waals surface area (Å²) in [5, 5.41) is 24.2. The zero-order chi connectivity index (χ0) is 21.4. The van der Waals surface area contributed by atoms with Gasteiger partial charge >= 0.3 is 0 Å². The molecule has 0 unspecified atom stereocenters. The molecule has 1 heterocycles. The highest BCUT2D eigenvalue weighted by Gasteiger charge is 2.18. The van der Waals surface area contributed by atoms with Crippen molar-refractivity contribution in [3.63, 3.8) is 0 Å². The summed E-state index contributed by atoms with van der Waals surface area (Å²) in [5.74, 6) is -0.452. The van der Waals surface area contributed by atoms with Crippen LogP contribution in [0.15, 0.2) is 65.8 Å². The Kier molecular flexibility index (Phi) is 4.51. The summed E-state index contributed by atoms with van der Waals surface area (Å²) in [5.41, 5.74) is 7.50. The predicted molar refractivity (Wildman–Crippen MR) is 117 cm³/mol. The number of rotatable bonds is 5. The van der Waals surface area contributed by atoms with Crippen LogP contribution in [0.5, 0.6) is 0 Å². The first-order valence-electron chi connectivity index (χ1n) is 9.77. The van der Waals surface area contributed by atoms with E-state index in [0.717, 1.165) is 23.8 Å². The highest BCUT2D eigenvalue weighted by Crippen LogP contribution is 2.36. The fourth-order valence-corrected chi connectivity index (χ4v) is 3.99. The van der Waals surface area contributed by atoms with Crippen molar-refractivity contribution in [3.8, 4) is 11.3 Å². The fourth-order valence-electron chi connectivity index (χ4n) is 3.99. The number of non-ortho nitro benzene ring substituents is 1. The summed E-state index contributed by atoms with van der Waals surface area (Å²) in [4.78, 5) is 22.8. The molecular formula is C23H17N5O3. The molecule has 8 heteroatoms. The lowest BCUT2D eigenvalue weighted by Crippen LogP contribution is -2.18. The molecule has 0 saturated carbocycles. The van der Waals surface area contributed by atoms with Crippen molar-refractivity contribution in [3.05, 3.63) is 93.2 Å². The summed E-state index contributed by atoms with van der Waals surface area (Å²) >= 11 is 0. The second-order valence-corrected chi connectivity index (χ2v) is 7.33.